The van der Waals surface area contributed by atoms with Crippen molar-refractivity contribution in [2.45, 2.75) is 59.4 Å². The molecule has 0 N–H and O–H groups in total. The molecule has 0 saturated carbocycles. The molecule has 0 amide bonds. The maximum Gasteiger partial charge on any atom is 0.261 e. The molecular weight excluding hydrogens is 316 g/mol. The van der Waals surface area contributed by atoms with Crippen LogP contribution in [0, 0.1) is 11.5 Å². The van der Waals surface area contributed by atoms with Crippen LogP contribution in [0.1, 0.15) is 38.3 Å². The van der Waals surface area contributed by atoms with E-state index < -0.39 is 8.07 Å². The predicted octanol–water partition coefficient (Wildman–Crippen LogP) is 3.66. The van der Waals surface area contributed by atoms with Gasteiger partial charge in [-0.05, 0) is 20.3 Å². The number of ether oxygens (including phenoxy) is 1. The van der Waals surface area contributed by atoms with Gasteiger partial charge in [-0.1, -0.05) is 38.9 Å². The van der Waals surface area contributed by atoms with E-state index in [2.05, 4.69) is 43.0 Å². The quantitative estimate of drug-likeness (QED) is 0.629. The molecule has 0 atom stereocenters. The monoisotopic (exact) mass is 342 g/mol. The van der Waals surface area contributed by atoms with Gasteiger partial charge in [0.15, 0.2) is 11.4 Å². The standard InChI is InChI=1S/C19H26N2O2Si/c1-7-8-16-12-20-18-17(23-14(2)3)11-15(9-10-24(4,5)6)13-21(18)19(16)22/h11-14H,7-8H2,1-6H3. The molecule has 2 aromatic heterocycles. The average molecular weight is 343 g/mol. The van der Waals surface area contributed by atoms with Gasteiger partial charge in [0.1, 0.15) is 8.07 Å². The van der Waals surface area contributed by atoms with Gasteiger partial charge < -0.3 is 4.74 Å². The van der Waals surface area contributed by atoms with Crippen LogP contribution >= 0.6 is 0 Å². The van der Waals surface area contributed by atoms with Crippen LogP contribution in [0.15, 0.2) is 23.3 Å². The molecule has 0 aliphatic rings. The number of rotatable bonds is 4. The van der Waals surface area contributed by atoms with Crippen LogP contribution in [-0.4, -0.2) is 23.6 Å². The number of hydrogen-bond donors (Lipinski definition) is 0. The normalized spacial score (nSPS) is 11.5. The van der Waals surface area contributed by atoms with E-state index in [1.165, 1.54) is 0 Å². The third kappa shape index (κ3) is 4.48. The lowest BCUT2D eigenvalue weighted by molar-refractivity contribution is 0.244. The fourth-order valence-corrected chi connectivity index (χ4v) is 2.82. The third-order valence-electron chi connectivity index (χ3n) is 3.30. The molecule has 0 aliphatic heterocycles. The van der Waals surface area contributed by atoms with Crippen molar-refractivity contribution in [1.29, 1.82) is 0 Å². The van der Waals surface area contributed by atoms with Gasteiger partial charge in [-0.25, -0.2) is 4.98 Å². The Balaban J connectivity index is 2.70. The van der Waals surface area contributed by atoms with Crippen molar-refractivity contribution in [2.24, 2.45) is 0 Å². The van der Waals surface area contributed by atoms with Gasteiger partial charge in [0.05, 0.1) is 6.10 Å². The highest BCUT2D eigenvalue weighted by molar-refractivity contribution is 6.83. The molecule has 128 valence electrons. The van der Waals surface area contributed by atoms with E-state index >= 15 is 0 Å². The predicted molar refractivity (Wildman–Crippen MR) is 101 cm³/mol. The summed E-state index contributed by atoms with van der Waals surface area (Å²) < 4.78 is 7.46. The summed E-state index contributed by atoms with van der Waals surface area (Å²) in [6, 6.07) is 1.88. The Morgan fingerprint density at radius 1 is 1.33 bits per heavy atom. The molecule has 5 heteroatoms. The highest BCUT2D eigenvalue weighted by Gasteiger charge is 2.13. The zero-order valence-electron chi connectivity index (χ0n) is 15.4. The van der Waals surface area contributed by atoms with E-state index in [4.69, 9.17) is 4.74 Å². The van der Waals surface area contributed by atoms with Crippen molar-refractivity contribution in [3.8, 4) is 17.2 Å². The lowest BCUT2D eigenvalue weighted by Gasteiger charge is -2.13. The second kappa shape index (κ2) is 7.23. The smallest absolute Gasteiger partial charge is 0.261 e. The van der Waals surface area contributed by atoms with Crippen molar-refractivity contribution in [1.82, 2.24) is 9.38 Å². The van der Waals surface area contributed by atoms with Crippen LogP contribution in [0.5, 0.6) is 5.75 Å². The first-order valence-corrected chi connectivity index (χ1v) is 12.0. The first-order chi connectivity index (χ1) is 11.2. The fraction of sp³-hybridized carbons (Fsp3) is 0.474. The number of nitrogens with zero attached hydrogens (tertiary/aromatic N) is 2. The summed E-state index contributed by atoms with van der Waals surface area (Å²) in [5.41, 5.74) is 5.37. The van der Waals surface area contributed by atoms with Crippen LogP contribution in [0.25, 0.3) is 5.65 Å². The molecule has 0 spiro atoms. The van der Waals surface area contributed by atoms with Gasteiger partial charge in [-0.15, -0.1) is 5.54 Å². The van der Waals surface area contributed by atoms with E-state index in [9.17, 15) is 4.79 Å². The topological polar surface area (TPSA) is 43.6 Å². The first-order valence-electron chi connectivity index (χ1n) is 8.45. The molecule has 0 fully saturated rings. The minimum absolute atomic E-state index is 0.00113. The van der Waals surface area contributed by atoms with Crippen molar-refractivity contribution >= 4 is 13.7 Å². The number of aryl methyl sites for hydroxylation is 1. The molecule has 0 bridgehead atoms. The Morgan fingerprint density at radius 3 is 2.62 bits per heavy atom. The zero-order chi connectivity index (χ0) is 17.9. The fourth-order valence-electron chi connectivity index (χ4n) is 2.30. The highest BCUT2D eigenvalue weighted by atomic mass is 28.3. The first kappa shape index (κ1) is 18.3. The molecule has 2 aromatic rings. The van der Waals surface area contributed by atoms with Gasteiger partial charge in [0.25, 0.3) is 5.56 Å². The van der Waals surface area contributed by atoms with Gasteiger partial charge in [0.2, 0.25) is 0 Å². The SMILES string of the molecule is CCCc1cnc2c(OC(C)C)cc(C#C[Si](C)(C)C)cn2c1=O. The van der Waals surface area contributed by atoms with Gasteiger partial charge >= 0.3 is 0 Å². The molecule has 0 aromatic carbocycles. The van der Waals surface area contributed by atoms with E-state index in [0.717, 1.165) is 24.0 Å². The second-order valence-corrected chi connectivity index (χ2v) is 12.0. The largest absolute Gasteiger partial charge is 0.487 e. The molecule has 2 heterocycles. The molecule has 0 aliphatic carbocycles. The molecular formula is C19H26N2O2Si. The summed E-state index contributed by atoms with van der Waals surface area (Å²) in [7, 11) is -1.50. The Labute approximate surface area is 144 Å². The van der Waals surface area contributed by atoms with E-state index in [1.807, 2.05) is 19.9 Å². The summed E-state index contributed by atoms with van der Waals surface area (Å²) in [4.78, 5) is 17.2. The summed E-state index contributed by atoms with van der Waals surface area (Å²) in [6.07, 6.45) is 5.08. The Bertz CT molecular complexity index is 852. The molecule has 24 heavy (non-hydrogen) atoms. The van der Waals surface area contributed by atoms with Gasteiger partial charge in [0, 0.05) is 29.6 Å². The number of pyridine rings is 1. The lowest BCUT2D eigenvalue weighted by atomic mass is 10.2. The minimum Gasteiger partial charge on any atom is -0.487 e. The van der Waals surface area contributed by atoms with E-state index in [1.54, 1.807) is 16.8 Å². The number of aromatic nitrogens is 2. The van der Waals surface area contributed by atoms with Crippen LogP contribution in [0.3, 0.4) is 0 Å². The maximum absolute atomic E-state index is 12.7. The molecule has 0 unspecified atom stereocenters. The Hall–Kier alpha value is -2.06. The average Bonchev–Trinajstić information content (AvgIpc) is 2.47. The highest BCUT2D eigenvalue weighted by Crippen LogP contribution is 2.20. The molecule has 4 nitrogen and oxygen atoms in total. The van der Waals surface area contributed by atoms with Crippen LogP contribution in [0.2, 0.25) is 19.6 Å². The third-order valence-corrected chi connectivity index (χ3v) is 4.18. The maximum atomic E-state index is 12.7. The summed E-state index contributed by atoms with van der Waals surface area (Å²) in [6.45, 7) is 12.6. The zero-order valence-corrected chi connectivity index (χ0v) is 16.4. The van der Waals surface area contributed by atoms with Crippen LogP contribution in [0.4, 0.5) is 0 Å². The summed E-state index contributed by atoms with van der Waals surface area (Å²) in [5, 5.41) is 0. The van der Waals surface area contributed by atoms with E-state index in [-0.39, 0.29) is 11.7 Å². The van der Waals surface area contributed by atoms with Gasteiger partial charge in [-0.3, -0.25) is 9.20 Å². The Kier molecular flexibility index (Phi) is 5.50. The lowest BCUT2D eigenvalue weighted by Crippen LogP contribution is -2.21. The van der Waals surface area contributed by atoms with Crippen LogP contribution < -0.4 is 10.3 Å². The Morgan fingerprint density at radius 2 is 2.04 bits per heavy atom. The molecule has 2 rings (SSSR count). The van der Waals surface area contributed by atoms with Crippen molar-refractivity contribution in [3.05, 3.63) is 39.9 Å². The van der Waals surface area contributed by atoms with E-state index in [0.29, 0.717) is 11.4 Å². The second-order valence-electron chi connectivity index (χ2n) is 7.29. The van der Waals surface area contributed by atoms with Crippen LogP contribution in [-0.2, 0) is 6.42 Å². The summed E-state index contributed by atoms with van der Waals surface area (Å²) >= 11 is 0. The number of fused-ring (bicyclic) bond motifs is 1. The minimum atomic E-state index is -1.50. The van der Waals surface area contributed by atoms with Crippen molar-refractivity contribution in [2.75, 3.05) is 0 Å². The molecule has 0 saturated heterocycles. The van der Waals surface area contributed by atoms with Gasteiger partial charge in [-0.2, -0.15) is 0 Å². The number of hydrogen-bond acceptors (Lipinski definition) is 3. The van der Waals surface area contributed by atoms with Crippen molar-refractivity contribution in [3.63, 3.8) is 0 Å². The van der Waals surface area contributed by atoms with Crippen molar-refractivity contribution < 1.29 is 4.74 Å². The molecule has 0 radical (unpaired) electrons. The summed E-state index contributed by atoms with van der Waals surface area (Å²) in [5.74, 6) is 3.82.